The second-order valence-electron chi connectivity index (χ2n) is 1.37. The van der Waals surface area contributed by atoms with Gasteiger partial charge in [0.05, 0.1) is 6.10 Å². The molecule has 4 heteroatoms. The number of carbonyl (C=O) groups is 1. The number of rotatable bonds is 3. The second kappa shape index (κ2) is 4.13. The van der Waals surface area contributed by atoms with Crippen LogP contribution in [0.2, 0.25) is 0 Å². The summed E-state index contributed by atoms with van der Waals surface area (Å²) in [5, 5.41) is 8.03. The van der Waals surface area contributed by atoms with Crippen molar-refractivity contribution < 1.29 is 9.90 Å². The molecule has 0 heterocycles. The number of carbonyl (C=O) groups excluding carboxylic acids is 1. The summed E-state index contributed by atoms with van der Waals surface area (Å²) in [5.74, 6) is 0.0540. The van der Waals surface area contributed by atoms with Gasteiger partial charge in [0.2, 0.25) is 5.24 Å². The van der Waals surface area contributed by atoms with E-state index in [2.05, 4.69) is 0 Å². The molecule has 0 rings (SSSR count). The quantitative estimate of drug-likeness (QED) is 0.484. The van der Waals surface area contributed by atoms with Gasteiger partial charge in [0, 0.05) is 12.3 Å². The lowest BCUT2D eigenvalue weighted by Gasteiger charge is -1.98. The summed E-state index contributed by atoms with van der Waals surface area (Å²) in [6, 6.07) is 0. The first-order valence-corrected chi connectivity index (χ1v) is 3.00. The van der Waals surface area contributed by atoms with Crippen molar-refractivity contribution in [3.63, 3.8) is 0 Å². The highest BCUT2D eigenvalue weighted by Crippen LogP contribution is 1.97. The van der Waals surface area contributed by atoms with E-state index in [-0.39, 0.29) is 12.3 Å². The van der Waals surface area contributed by atoms with E-state index >= 15 is 0 Å². The maximum atomic E-state index is 9.96. The molecule has 0 radical (unpaired) electrons. The smallest absolute Gasteiger partial charge is 0.224 e. The lowest BCUT2D eigenvalue weighted by Crippen LogP contribution is -2.10. The van der Waals surface area contributed by atoms with Crippen molar-refractivity contribution in [2.75, 3.05) is 5.88 Å². The highest BCUT2D eigenvalue weighted by atomic mass is 35.5. The van der Waals surface area contributed by atoms with Crippen molar-refractivity contribution in [3.05, 3.63) is 0 Å². The Hall–Kier alpha value is 0.210. The molecule has 0 aromatic carbocycles. The summed E-state index contributed by atoms with van der Waals surface area (Å²) < 4.78 is 0. The van der Waals surface area contributed by atoms with E-state index in [1.807, 2.05) is 0 Å². The zero-order chi connectivity index (χ0) is 6.57. The Kier molecular flexibility index (Phi) is 4.23. The third-order valence-electron chi connectivity index (χ3n) is 0.574. The molecule has 48 valence electrons. The SMILES string of the molecule is O=C(Cl)CC(O)CCl. The van der Waals surface area contributed by atoms with Crippen molar-refractivity contribution in [1.29, 1.82) is 0 Å². The maximum absolute atomic E-state index is 9.96. The highest BCUT2D eigenvalue weighted by Gasteiger charge is 2.05. The molecule has 0 amide bonds. The fraction of sp³-hybridized carbons (Fsp3) is 0.750. The molecule has 1 atom stereocenters. The third kappa shape index (κ3) is 4.37. The van der Waals surface area contributed by atoms with Crippen molar-refractivity contribution in [2.24, 2.45) is 0 Å². The molecule has 0 aromatic heterocycles. The highest BCUT2D eigenvalue weighted by molar-refractivity contribution is 6.63. The van der Waals surface area contributed by atoms with Crippen LogP contribution in [0.1, 0.15) is 6.42 Å². The first-order chi connectivity index (χ1) is 3.66. The number of alkyl halides is 1. The predicted molar refractivity (Wildman–Crippen MR) is 32.2 cm³/mol. The summed E-state index contributed by atoms with van der Waals surface area (Å²) in [4.78, 5) is 9.96. The first kappa shape index (κ1) is 8.21. The van der Waals surface area contributed by atoms with Crippen LogP contribution < -0.4 is 0 Å². The standard InChI is InChI=1S/C4H6Cl2O2/c5-2-3(7)1-4(6)8/h3,7H,1-2H2. The van der Waals surface area contributed by atoms with Crippen molar-refractivity contribution >= 4 is 28.4 Å². The van der Waals surface area contributed by atoms with Crippen molar-refractivity contribution in [3.8, 4) is 0 Å². The van der Waals surface area contributed by atoms with Crippen LogP contribution in [0.3, 0.4) is 0 Å². The molecule has 0 aromatic rings. The van der Waals surface area contributed by atoms with E-state index in [4.69, 9.17) is 28.3 Å². The number of hydrogen-bond acceptors (Lipinski definition) is 2. The van der Waals surface area contributed by atoms with Gasteiger partial charge in [-0.25, -0.2) is 0 Å². The average molecular weight is 157 g/mol. The summed E-state index contributed by atoms with van der Waals surface area (Å²) >= 11 is 10.0. The van der Waals surface area contributed by atoms with Crippen LogP contribution in [-0.4, -0.2) is 22.3 Å². The van der Waals surface area contributed by atoms with Gasteiger partial charge in [0.1, 0.15) is 0 Å². The number of hydrogen-bond donors (Lipinski definition) is 1. The van der Waals surface area contributed by atoms with Crippen LogP contribution in [0.25, 0.3) is 0 Å². The average Bonchev–Trinajstić information content (AvgIpc) is 1.65. The first-order valence-electron chi connectivity index (χ1n) is 2.09. The van der Waals surface area contributed by atoms with E-state index in [1.165, 1.54) is 0 Å². The van der Waals surface area contributed by atoms with E-state index in [0.717, 1.165) is 0 Å². The Balaban J connectivity index is 3.24. The van der Waals surface area contributed by atoms with Crippen LogP contribution in [0.5, 0.6) is 0 Å². The molecule has 0 saturated carbocycles. The fourth-order valence-corrected chi connectivity index (χ4v) is 0.527. The number of aliphatic hydroxyl groups excluding tert-OH is 1. The molecule has 0 aliphatic heterocycles. The van der Waals surface area contributed by atoms with Crippen LogP contribution in [-0.2, 0) is 4.79 Å². The van der Waals surface area contributed by atoms with Crippen LogP contribution in [0.4, 0.5) is 0 Å². The van der Waals surface area contributed by atoms with E-state index < -0.39 is 11.3 Å². The van der Waals surface area contributed by atoms with Crippen molar-refractivity contribution in [1.82, 2.24) is 0 Å². The monoisotopic (exact) mass is 156 g/mol. The molecule has 2 nitrogen and oxygen atoms in total. The minimum atomic E-state index is -0.790. The van der Waals surface area contributed by atoms with Crippen LogP contribution in [0, 0.1) is 0 Å². The van der Waals surface area contributed by atoms with Gasteiger partial charge in [-0.15, -0.1) is 11.6 Å². The van der Waals surface area contributed by atoms with Crippen LogP contribution >= 0.6 is 23.2 Å². The van der Waals surface area contributed by atoms with Gasteiger partial charge in [-0.2, -0.15) is 0 Å². The molecule has 1 N–H and O–H groups in total. The fourth-order valence-electron chi connectivity index (χ4n) is 0.240. The zero-order valence-electron chi connectivity index (χ0n) is 4.10. The predicted octanol–water partition coefficient (Wildman–Crippen LogP) is 0.742. The molecule has 0 saturated heterocycles. The van der Waals surface area contributed by atoms with Gasteiger partial charge in [-0.1, -0.05) is 0 Å². The summed E-state index contributed by atoms with van der Waals surface area (Å²) in [6.45, 7) is 0. The van der Waals surface area contributed by atoms with Crippen LogP contribution in [0.15, 0.2) is 0 Å². The molecule has 0 fully saturated rings. The molecule has 1 unspecified atom stereocenters. The third-order valence-corrected chi connectivity index (χ3v) is 1.08. The Labute approximate surface area is 57.4 Å². The Morgan fingerprint density at radius 3 is 2.38 bits per heavy atom. The lowest BCUT2D eigenvalue weighted by molar-refractivity contribution is -0.113. The Morgan fingerprint density at radius 1 is 1.75 bits per heavy atom. The van der Waals surface area contributed by atoms with E-state index in [9.17, 15) is 4.79 Å². The van der Waals surface area contributed by atoms with E-state index in [1.54, 1.807) is 0 Å². The normalized spacial score (nSPS) is 13.4. The zero-order valence-corrected chi connectivity index (χ0v) is 5.61. The van der Waals surface area contributed by atoms with Gasteiger partial charge in [0.15, 0.2) is 0 Å². The van der Waals surface area contributed by atoms with Gasteiger partial charge in [-0.3, -0.25) is 4.79 Å². The summed E-state index contributed by atoms with van der Waals surface area (Å²) in [5.41, 5.74) is 0. The van der Waals surface area contributed by atoms with Gasteiger partial charge >= 0.3 is 0 Å². The molecule has 0 bridgehead atoms. The molecule has 0 aliphatic carbocycles. The van der Waals surface area contributed by atoms with Gasteiger partial charge in [-0.05, 0) is 11.6 Å². The maximum Gasteiger partial charge on any atom is 0.224 e. The number of halogens is 2. The molecule has 8 heavy (non-hydrogen) atoms. The summed E-state index contributed by atoms with van der Waals surface area (Å²) in [7, 11) is 0. The summed E-state index contributed by atoms with van der Waals surface area (Å²) in [6.07, 6.45) is -0.855. The van der Waals surface area contributed by atoms with Crippen molar-refractivity contribution in [2.45, 2.75) is 12.5 Å². The second-order valence-corrected chi connectivity index (χ2v) is 2.10. The minimum Gasteiger partial charge on any atom is -0.391 e. The van der Waals surface area contributed by atoms with E-state index in [0.29, 0.717) is 0 Å². The molecular formula is C4H6Cl2O2. The molecule has 0 aliphatic rings. The van der Waals surface area contributed by atoms with Gasteiger partial charge < -0.3 is 5.11 Å². The largest absolute Gasteiger partial charge is 0.391 e. The topological polar surface area (TPSA) is 37.3 Å². The van der Waals surface area contributed by atoms with Gasteiger partial charge in [0.25, 0.3) is 0 Å². The lowest BCUT2D eigenvalue weighted by atomic mass is 10.3. The Bertz CT molecular complexity index is 84.1. The number of aliphatic hydroxyl groups is 1. The minimum absolute atomic E-state index is 0.0540. The molecule has 0 spiro atoms. The Morgan fingerprint density at radius 2 is 2.25 bits per heavy atom. The molecular weight excluding hydrogens is 151 g/mol.